The van der Waals surface area contributed by atoms with E-state index in [2.05, 4.69) is 15.5 Å². The molecule has 1 atom stereocenters. The average Bonchev–Trinajstić information content (AvgIpc) is 2.59. The molecular formula is C9H11Cl2N3O2S. The molecule has 17 heavy (non-hydrogen) atoms. The highest BCUT2D eigenvalue weighted by atomic mass is 35.5. The third kappa shape index (κ3) is 3.00. The number of halogens is 2. The Morgan fingerprint density at radius 2 is 2.18 bits per heavy atom. The first-order valence-corrected chi connectivity index (χ1v) is 7.60. The Bertz CT molecular complexity index is 521. The first kappa shape index (κ1) is 12.9. The van der Waals surface area contributed by atoms with E-state index in [1.165, 1.54) is 6.07 Å². The Kier molecular flexibility index (Phi) is 3.75. The summed E-state index contributed by atoms with van der Waals surface area (Å²) in [6.07, 6.45) is 1.40. The first-order chi connectivity index (χ1) is 7.99. The number of nitrogens with zero attached hydrogens (tertiary/aromatic N) is 2. The van der Waals surface area contributed by atoms with E-state index in [0.29, 0.717) is 18.7 Å². The summed E-state index contributed by atoms with van der Waals surface area (Å²) in [5.41, 5.74) is 0.508. The molecule has 0 aromatic carbocycles. The smallest absolute Gasteiger partial charge is 0.174 e. The third-order valence-corrected chi connectivity index (χ3v) is 5.44. The summed E-state index contributed by atoms with van der Waals surface area (Å²) in [6, 6.07) is 1.53. The molecular weight excluding hydrogens is 285 g/mol. The van der Waals surface area contributed by atoms with Crippen LogP contribution in [0, 0.1) is 0 Å². The van der Waals surface area contributed by atoms with Crippen molar-refractivity contribution in [2.75, 3.05) is 17.6 Å². The lowest BCUT2D eigenvalue weighted by Crippen LogP contribution is -2.25. The van der Waals surface area contributed by atoms with Crippen molar-refractivity contribution in [1.29, 1.82) is 0 Å². The maximum Gasteiger partial charge on any atom is 0.174 e. The number of nitrogens with one attached hydrogen (secondary N) is 1. The summed E-state index contributed by atoms with van der Waals surface area (Å²) < 4.78 is 23.2. The van der Waals surface area contributed by atoms with Crippen molar-refractivity contribution in [2.45, 2.75) is 18.1 Å². The molecule has 94 valence electrons. The maximum absolute atomic E-state index is 11.6. The van der Waals surface area contributed by atoms with E-state index in [9.17, 15) is 8.42 Å². The van der Waals surface area contributed by atoms with Crippen LogP contribution in [0.3, 0.4) is 0 Å². The maximum atomic E-state index is 11.6. The molecule has 1 aliphatic rings. The monoisotopic (exact) mass is 295 g/mol. The van der Waals surface area contributed by atoms with Crippen LogP contribution in [0.1, 0.15) is 12.8 Å². The standard InChI is InChI=1S/C9H11Cl2N3O2S/c10-8-4-7(9(11)14-13-8)12-5-6-2-1-3-17(6,15)16/h4,6H,1-3,5H2,(H,12,13). The van der Waals surface area contributed by atoms with Crippen molar-refractivity contribution in [3.05, 3.63) is 16.4 Å². The number of anilines is 1. The fraction of sp³-hybridized carbons (Fsp3) is 0.556. The second-order valence-electron chi connectivity index (χ2n) is 3.88. The highest BCUT2D eigenvalue weighted by Crippen LogP contribution is 2.24. The van der Waals surface area contributed by atoms with Gasteiger partial charge in [0.15, 0.2) is 20.1 Å². The first-order valence-electron chi connectivity index (χ1n) is 5.13. The second-order valence-corrected chi connectivity index (χ2v) is 7.03. The van der Waals surface area contributed by atoms with Crippen molar-refractivity contribution in [3.8, 4) is 0 Å². The van der Waals surface area contributed by atoms with E-state index < -0.39 is 9.84 Å². The molecule has 1 saturated heterocycles. The van der Waals surface area contributed by atoms with Crippen LogP contribution >= 0.6 is 23.2 Å². The summed E-state index contributed by atoms with van der Waals surface area (Å²) >= 11 is 11.5. The van der Waals surface area contributed by atoms with E-state index >= 15 is 0 Å². The lowest BCUT2D eigenvalue weighted by molar-refractivity contribution is 0.591. The van der Waals surface area contributed by atoms with Gasteiger partial charge in [0.25, 0.3) is 0 Å². The zero-order valence-electron chi connectivity index (χ0n) is 8.86. The summed E-state index contributed by atoms with van der Waals surface area (Å²) in [5, 5.41) is 10.2. The van der Waals surface area contributed by atoms with Crippen molar-refractivity contribution in [2.24, 2.45) is 0 Å². The lowest BCUT2D eigenvalue weighted by Gasteiger charge is -2.12. The van der Waals surface area contributed by atoms with Crippen LogP contribution in [0.4, 0.5) is 5.69 Å². The van der Waals surface area contributed by atoms with Gasteiger partial charge in [-0.05, 0) is 12.8 Å². The lowest BCUT2D eigenvalue weighted by atomic mass is 10.2. The molecule has 2 rings (SSSR count). The molecule has 5 nitrogen and oxygen atoms in total. The Labute approximate surface area is 109 Å². The molecule has 0 spiro atoms. The van der Waals surface area contributed by atoms with Crippen molar-refractivity contribution in [3.63, 3.8) is 0 Å². The van der Waals surface area contributed by atoms with Crippen LogP contribution in [-0.4, -0.2) is 36.2 Å². The molecule has 0 amide bonds. The Hall–Kier alpha value is -0.590. The topological polar surface area (TPSA) is 72.0 Å². The van der Waals surface area contributed by atoms with Gasteiger partial charge in [0.1, 0.15) is 0 Å². The Morgan fingerprint density at radius 1 is 1.41 bits per heavy atom. The zero-order valence-corrected chi connectivity index (χ0v) is 11.2. The van der Waals surface area contributed by atoms with E-state index in [1.807, 2.05) is 0 Å². The number of rotatable bonds is 3. The normalized spacial score (nSPS) is 22.6. The van der Waals surface area contributed by atoms with Gasteiger partial charge in [-0.2, -0.15) is 0 Å². The van der Waals surface area contributed by atoms with E-state index in [-0.39, 0.29) is 21.3 Å². The molecule has 0 saturated carbocycles. The highest BCUT2D eigenvalue weighted by molar-refractivity contribution is 7.92. The fourth-order valence-corrected chi connectivity index (χ4v) is 3.86. The number of hydrogen-bond donors (Lipinski definition) is 1. The van der Waals surface area contributed by atoms with Crippen molar-refractivity contribution < 1.29 is 8.42 Å². The highest BCUT2D eigenvalue weighted by Gasteiger charge is 2.30. The average molecular weight is 296 g/mol. The van der Waals surface area contributed by atoms with Crippen molar-refractivity contribution in [1.82, 2.24) is 10.2 Å². The fourth-order valence-electron chi connectivity index (χ4n) is 1.79. The number of sulfone groups is 1. The van der Waals surface area contributed by atoms with Gasteiger partial charge in [-0.25, -0.2) is 8.42 Å². The molecule has 2 heterocycles. The molecule has 1 fully saturated rings. The molecule has 0 aliphatic carbocycles. The van der Waals surface area contributed by atoms with Crippen LogP contribution in [0.2, 0.25) is 10.3 Å². The largest absolute Gasteiger partial charge is 0.381 e. The minimum absolute atomic E-state index is 0.185. The molecule has 1 aromatic heterocycles. The van der Waals surface area contributed by atoms with E-state index in [0.717, 1.165) is 6.42 Å². The molecule has 1 aliphatic heterocycles. The van der Waals surface area contributed by atoms with Crippen LogP contribution in [0.5, 0.6) is 0 Å². The van der Waals surface area contributed by atoms with E-state index in [4.69, 9.17) is 23.2 Å². The Balaban J connectivity index is 2.05. The Morgan fingerprint density at radius 3 is 2.82 bits per heavy atom. The number of hydrogen-bond acceptors (Lipinski definition) is 5. The molecule has 0 bridgehead atoms. The summed E-state index contributed by atoms with van der Waals surface area (Å²) in [5.74, 6) is 0.266. The van der Waals surface area contributed by atoms with Gasteiger partial charge >= 0.3 is 0 Å². The summed E-state index contributed by atoms with van der Waals surface area (Å²) in [7, 11) is -2.95. The third-order valence-electron chi connectivity index (χ3n) is 2.70. The van der Waals surface area contributed by atoms with Gasteiger partial charge in [0.2, 0.25) is 0 Å². The SMILES string of the molecule is O=S1(=O)CCCC1CNc1cc(Cl)nnc1Cl. The predicted molar refractivity (Wildman–Crippen MR) is 67.4 cm³/mol. The minimum atomic E-state index is -2.95. The zero-order chi connectivity index (χ0) is 12.5. The molecule has 0 radical (unpaired) electrons. The molecule has 1 aromatic rings. The predicted octanol–water partition coefficient (Wildman–Crippen LogP) is 1.77. The minimum Gasteiger partial charge on any atom is -0.381 e. The van der Waals surface area contributed by atoms with Gasteiger partial charge < -0.3 is 5.32 Å². The van der Waals surface area contributed by atoms with Crippen LogP contribution in [0.15, 0.2) is 6.07 Å². The van der Waals surface area contributed by atoms with Crippen LogP contribution < -0.4 is 5.32 Å². The van der Waals surface area contributed by atoms with Crippen molar-refractivity contribution >= 4 is 38.7 Å². The van der Waals surface area contributed by atoms with Gasteiger partial charge in [-0.3, -0.25) is 0 Å². The second kappa shape index (κ2) is 4.96. The summed E-state index contributed by atoms with van der Waals surface area (Å²) in [4.78, 5) is 0. The van der Waals surface area contributed by atoms with Crippen LogP contribution in [0.25, 0.3) is 0 Å². The van der Waals surface area contributed by atoms with Gasteiger partial charge in [0, 0.05) is 12.6 Å². The van der Waals surface area contributed by atoms with Gasteiger partial charge in [0.05, 0.1) is 16.7 Å². The van der Waals surface area contributed by atoms with Gasteiger partial charge in [-0.1, -0.05) is 23.2 Å². The quantitative estimate of drug-likeness (QED) is 0.920. The molecule has 1 unspecified atom stereocenters. The molecule has 1 N–H and O–H groups in total. The van der Waals surface area contributed by atoms with E-state index in [1.54, 1.807) is 0 Å². The molecule has 8 heteroatoms. The van der Waals surface area contributed by atoms with Gasteiger partial charge in [-0.15, -0.1) is 10.2 Å². The number of aromatic nitrogens is 2. The van der Waals surface area contributed by atoms with Crippen LogP contribution in [-0.2, 0) is 9.84 Å². The summed E-state index contributed by atoms with van der Waals surface area (Å²) in [6.45, 7) is 0.323.